The van der Waals surface area contributed by atoms with Crippen LogP contribution in [0.3, 0.4) is 0 Å². The molecule has 8 heteroatoms. The fraction of sp³-hybridized carbons (Fsp3) is 0.474. The highest BCUT2D eigenvalue weighted by molar-refractivity contribution is 5.87. The van der Waals surface area contributed by atoms with E-state index in [1.54, 1.807) is 0 Å². The van der Waals surface area contributed by atoms with Gasteiger partial charge in [0.15, 0.2) is 12.0 Å². The van der Waals surface area contributed by atoms with Crippen LogP contribution in [0.15, 0.2) is 66.7 Å². The van der Waals surface area contributed by atoms with Gasteiger partial charge in [0.05, 0.1) is 0 Å². The number of hydrogen-bond donors (Lipinski definition) is 3. The van der Waals surface area contributed by atoms with Crippen LogP contribution in [-0.4, -0.2) is 78.2 Å². The Balaban J connectivity index is 1.12. The maximum absolute atomic E-state index is 14.1. The number of aryl methyl sites for hydroxylation is 1. The lowest BCUT2D eigenvalue weighted by atomic mass is 9.85. The lowest BCUT2D eigenvalue weighted by Gasteiger charge is -2.42. The van der Waals surface area contributed by atoms with E-state index in [0.29, 0.717) is 35.5 Å². The molecule has 1 unspecified atom stereocenters. The number of nitrogens with one attached hydrogen (secondary N) is 2. The maximum Gasteiger partial charge on any atom is 0.264 e. The molecule has 2 saturated heterocycles. The molecule has 1 amide bonds. The van der Waals surface area contributed by atoms with Crippen LogP contribution in [0, 0.1) is 18.3 Å². The van der Waals surface area contributed by atoms with E-state index in [-0.39, 0.29) is 5.91 Å². The number of likely N-dealkylation sites (tertiary alicyclic amines) is 1. The highest BCUT2D eigenvalue weighted by Gasteiger charge is 2.34. The van der Waals surface area contributed by atoms with Crippen molar-refractivity contribution in [2.24, 2.45) is 5.92 Å². The second-order valence-electron chi connectivity index (χ2n) is 13.5. The van der Waals surface area contributed by atoms with Gasteiger partial charge in [-0.15, -0.1) is 0 Å². The smallest absolute Gasteiger partial charge is 0.264 e. The number of nitrogens with two attached hydrogens (primary N) is 1. The van der Waals surface area contributed by atoms with Gasteiger partial charge in [-0.05, 0) is 85.6 Å². The molecule has 0 spiro atoms. The van der Waals surface area contributed by atoms with Crippen LogP contribution in [-0.2, 0) is 16.0 Å². The Hall–Kier alpha value is -4.04. The Morgan fingerprint density at radius 1 is 1.04 bits per heavy atom. The standard InChI is InChI=1S/C38H50N6O2/c1-26-21-29(22-32(25-39)37(26)40)23-36(38(45)44-19-17-43(18-20-44)33-10-5-4-6-11-33)46-28(3)42-15-13-30(14-16-42)34-24-31-9-7-8-12-35(31)41-27(34)2/h7-9,12,21-22,24-25,30,33,36,39,41H,2-6,10-11,13-20,23,40H2,1H3. The van der Waals surface area contributed by atoms with Gasteiger partial charge in [-0.3, -0.25) is 9.69 Å². The minimum atomic E-state index is -0.699. The Bertz CT molecular complexity index is 1490. The summed E-state index contributed by atoms with van der Waals surface area (Å²) in [5.41, 5.74) is 13.9. The van der Waals surface area contributed by atoms with Crippen LogP contribution in [0.4, 0.5) is 11.4 Å². The van der Waals surface area contributed by atoms with E-state index in [4.69, 9.17) is 15.9 Å². The molecule has 0 radical (unpaired) electrons. The van der Waals surface area contributed by atoms with Gasteiger partial charge in [-0.2, -0.15) is 0 Å². The zero-order valence-corrected chi connectivity index (χ0v) is 27.4. The minimum absolute atomic E-state index is 0.0126. The van der Waals surface area contributed by atoms with Crippen LogP contribution < -0.4 is 11.1 Å². The average Bonchev–Trinajstić information content (AvgIpc) is 3.09. The number of piperidine rings is 1. The first-order valence-electron chi connectivity index (χ1n) is 17.1. The Labute approximate surface area is 274 Å². The molecule has 1 atom stereocenters. The molecule has 3 heterocycles. The zero-order valence-electron chi connectivity index (χ0n) is 27.4. The van der Waals surface area contributed by atoms with Gasteiger partial charge >= 0.3 is 0 Å². The van der Waals surface area contributed by atoms with Gasteiger partial charge in [0.1, 0.15) is 0 Å². The Morgan fingerprint density at radius 3 is 2.48 bits per heavy atom. The number of nitrogens with zero attached hydrogens (tertiary/aromatic N) is 3. The lowest BCUT2D eigenvalue weighted by molar-refractivity contribution is -0.145. The van der Waals surface area contributed by atoms with Gasteiger partial charge in [-0.1, -0.05) is 50.1 Å². The summed E-state index contributed by atoms with van der Waals surface area (Å²) in [5.74, 6) is 0.961. The molecular weight excluding hydrogens is 572 g/mol. The summed E-state index contributed by atoms with van der Waals surface area (Å²) in [5, 5.41) is 11.3. The van der Waals surface area contributed by atoms with E-state index in [1.807, 2.05) is 30.0 Å². The molecule has 6 rings (SSSR count). The van der Waals surface area contributed by atoms with E-state index in [0.717, 1.165) is 74.6 Å². The quantitative estimate of drug-likeness (QED) is 0.175. The van der Waals surface area contributed by atoms with E-state index in [9.17, 15) is 4.79 Å². The van der Waals surface area contributed by atoms with Gasteiger partial charge in [0.2, 0.25) is 0 Å². The number of nitrogen functional groups attached to an aromatic ring is 1. The number of hydrogen-bond acceptors (Lipinski definition) is 7. The highest BCUT2D eigenvalue weighted by Crippen LogP contribution is 2.37. The van der Waals surface area contributed by atoms with Crippen molar-refractivity contribution < 1.29 is 9.53 Å². The molecule has 1 aliphatic carbocycles. The molecule has 3 aliphatic heterocycles. The first-order valence-corrected chi connectivity index (χ1v) is 17.1. The molecule has 0 aromatic heterocycles. The first-order chi connectivity index (χ1) is 22.3. The van der Waals surface area contributed by atoms with E-state index < -0.39 is 6.10 Å². The number of amides is 1. The topological polar surface area (TPSA) is 97.9 Å². The third kappa shape index (κ3) is 7.02. The zero-order chi connectivity index (χ0) is 32.2. The molecule has 3 fully saturated rings. The van der Waals surface area contributed by atoms with Gasteiger partial charge in [0, 0.05) is 80.6 Å². The first kappa shape index (κ1) is 31.9. The van der Waals surface area contributed by atoms with Crippen molar-refractivity contribution in [2.45, 2.75) is 70.4 Å². The van der Waals surface area contributed by atoms with E-state index >= 15 is 0 Å². The number of rotatable bonds is 9. The second-order valence-corrected chi connectivity index (χ2v) is 13.5. The van der Waals surface area contributed by atoms with E-state index in [2.05, 4.69) is 52.5 Å². The number of carbonyl (C=O) groups excluding carboxylic acids is 1. The third-order valence-corrected chi connectivity index (χ3v) is 10.5. The molecule has 2 aromatic carbocycles. The van der Waals surface area contributed by atoms with Gasteiger partial charge in [0.25, 0.3) is 5.91 Å². The normalized spacial score (nSPS) is 20.4. The molecule has 8 nitrogen and oxygen atoms in total. The number of fused-ring (bicyclic) bond motifs is 1. The summed E-state index contributed by atoms with van der Waals surface area (Å²) in [6, 6.07) is 12.9. The number of para-hydroxylation sites is 1. The van der Waals surface area contributed by atoms with E-state index in [1.165, 1.54) is 49.5 Å². The number of anilines is 2. The van der Waals surface area contributed by atoms with Crippen LogP contribution in [0.2, 0.25) is 0 Å². The SMILES string of the molecule is C=C1Nc2ccccc2C=C1C1CCN(C(=C)OC(Cc2cc(C)c(N)c(C=N)c2)C(=O)N2CCN(C3CCCCC3)CC2)CC1. The summed E-state index contributed by atoms with van der Waals surface area (Å²) >= 11 is 0. The number of ether oxygens (including phenoxy) is 1. The van der Waals surface area contributed by atoms with Crippen molar-refractivity contribution >= 4 is 29.6 Å². The fourth-order valence-electron chi connectivity index (χ4n) is 7.76. The average molecular weight is 623 g/mol. The summed E-state index contributed by atoms with van der Waals surface area (Å²) in [4.78, 5) is 20.9. The van der Waals surface area contributed by atoms with Crippen molar-refractivity contribution in [1.29, 1.82) is 5.41 Å². The number of piperazine rings is 1. The van der Waals surface area contributed by atoms with Gasteiger partial charge in [-0.25, -0.2) is 0 Å². The van der Waals surface area contributed by atoms with Crippen LogP contribution in [0.25, 0.3) is 6.08 Å². The molecule has 2 aromatic rings. The maximum atomic E-state index is 14.1. The number of carbonyl (C=O) groups is 1. The van der Waals surface area contributed by atoms with Crippen molar-refractivity contribution in [1.82, 2.24) is 14.7 Å². The molecule has 0 bridgehead atoms. The molecule has 1 saturated carbocycles. The van der Waals surface area contributed by atoms with Crippen molar-refractivity contribution in [3.05, 3.63) is 89.0 Å². The Morgan fingerprint density at radius 2 is 1.76 bits per heavy atom. The van der Waals surface area contributed by atoms with Crippen LogP contribution in [0.1, 0.15) is 67.2 Å². The predicted octanol–water partition coefficient (Wildman–Crippen LogP) is 6.19. The summed E-state index contributed by atoms with van der Waals surface area (Å²) in [6.07, 6.45) is 11.7. The molecular formula is C38H50N6O2. The summed E-state index contributed by atoms with van der Waals surface area (Å²) in [6.45, 7) is 15.5. The highest BCUT2D eigenvalue weighted by atomic mass is 16.5. The monoisotopic (exact) mass is 622 g/mol. The fourth-order valence-corrected chi connectivity index (χ4v) is 7.76. The molecule has 4 aliphatic rings. The van der Waals surface area contributed by atoms with Gasteiger partial charge < -0.3 is 31.0 Å². The minimum Gasteiger partial charge on any atom is -0.466 e. The predicted molar refractivity (Wildman–Crippen MR) is 188 cm³/mol. The van der Waals surface area contributed by atoms with Crippen molar-refractivity contribution in [3.63, 3.8) is 0 Å². The van der Waals surface area contributed by atoms with Crippen molar-refractivity contribution in [2.75, 3.05) is 50.3 Å². The van der Waals surface area contributed by atoms with Crippen LogP contribution in [0.5, 0.6) is 0 Å². The summed E-state index contributed by atoms with van der Waals surface area (Å²) < 4.78 is 6.54. The lowest BCUT2D eigenvalue weighted by Crippen LogP contribution is -2.55. The van der Waals surface area contributed by atoms with Crippen LogP contribution >= 0.6 is 0 Å². The third-order valence-electron chi connectivity index (χ3n) is 10.5. The van der Waals surface area contributed by atoms with Crippen molar-refractivity contribution in [3.8, 4) is 0 Å². The number of allylic oxidation sites excluding steroid dienone is 1. The molecule has 244 valence electrons. The largest absolute Gasteiger partial charge is 0.466 e. The molecule has 4 N–H and O–H groups in total. The number of benzene rings is 2. The second kappa shape index (κ2) is 14.2. The Kier molecular flexibility index (Phi) is 9.83. The summed E-state index contributed by atoms with van der Waals surface area (Å²) in [7, 11) is 0. The molecule has 46 heavy (non-hydrogen) atoms.